The number of hydrogen-bond donors (Lipinski definition) is 1. The second-order valence-corrected chi connectivity index (χ2v) is 6.11. The molecule has 2 N–H and O–H groups in total. The van der Waals surface area contributed by atoms with E-state index in [4.69, 9.17) is 5.73 Å². The van der Waals surface area contributed by atoms with Crippen molar-refractivity contribution in [1.82, 2.24) is 4.90 Å². The van der Waals surface area contributed by atoms with E-state index in [1.165, 1.54) is 9.13 Å². The van der Waals surface area contributed by atoms with Crippen molar-refractivity contribution in [2.24, 2.45) is 5.73 Å². The van der Waals surface area contributed by atoms with E-state index < -0.39 is 0 Å². The Morgan fingerprint density at radius 3 is 2.84 bits per heavy atom. The van der Waals surface area contributed by atoms with Crippen LogP contribution >= 0.6 is 35.0 Å². The molecule has 2 rings (SSSR count). The number of carbonyl (C=O) groups excluding carboxylic acids is 1. The zero-order chi connectivity index (χ0) is 13.1. The Morgan fingerprint density at radius 2 is 2.21 bits per heavy atom. The maximum absolute atomic E-state index is 12.2. The molecule has 5 heteroatoms. The molecule has 19 heavy (non-hydrogen) atoms. The Kier molecular flexibility index (Phi) is 6.56. The van der Waals surface area contributed by atoms with Crippen molar-refractivity contribution in [2.75, 3.05) is 6.54 Å². The highest BCUT2D eigenvalue weighted by molar-refractivity contribution is 14.1. The molecule has 2 unspecified atom stereocenters. The molecule has 1 saturated heterocycles. The molecular weight excluding hydrogens is 375 g/mol. The molecule has 1 aromatic carbocycles. The van der Waals surface area contributed by atoms with E-state index in [9.17, 15) is 4.79 Å². The first-order valence-corrected chi connectivity index (χ1v) is 7.47. The van der Waals surface area contributed by atoms with E-state index >= 15 is 0 Å². The van der Waals surface area contributed by atoms with Crippen LogP contribution in [0.3, 0.4) is 0 Å². The van der Waals surface area contributed by atoms with Gasteiger partial charge >= 0.3 is 0 Å². The number of hydrogen-bond acceptors (Lipinski definition) is 2. The number of likely N-dealkylation sites (tertiary alicyclic amines) is 1. The lowest BCUT2D eigenvalue weighted by molar-refractivity contribution is -0.132. The Hall–Kier alpha value is -0.330. The normalized spacial score (nSPS) is 19.9. The molecule has 3 nitrogen and oxygen atoms in total. The lowest BCUT2D eigenvalue weighted by Crippen LogP contribution is -2.34. The standard InChI is InChI=1S/C14H19IN2O.ClH/c1-10(16)9-14(18)17-8-4-7-13(17)11-5-2-3-6-12(11)15;/h2-3,5-6,10,13H,4,7-9,16H2,1H3;1H. The largest absolute Gasteiger partial charge is 0.336 e. The van der Waals surface area contributed by atoms with E-state index in [2.05, 4.69) is 34.7 Å². The zero-order valence-electron chi connectivity index (χ0n) is 11.0. The minimum atomic E-state index is -0.0615. The van der Waals surface area contributed by atoms with Gasteiger partial charge in [0.2, 0.25) is 5.91 Å². The van der Waals surface area contributed by atoms with Gasteiger partial charge in [0.25, 0.3) is 0 Å². The summed E-state index contributed by atoms with van der Waals surface area (Å²) < 4.78 is 1.24. The fraction of sp³-hybridized carbons (Fsp3) is 0.500. The Balaban J connectivity index is 0.00000180. The van der Waals surface area contributed by atoms with Crippen LogP contribution in [0.4, 0.5) is 0 Å². The highest BCUT2D eigenvalue weighted by Gasteiger charge is 2.30. The van der Waals surface area contributed by atoms with E-state index in [0.29, 0.717) is 6.42 Å². The van der Waals surface area contributed by atoms with Gasteiger partial charge in [0, 0.05) is 22.6 Å². The monoisotopic (exact) mass is 394 g/mol. The first-order chi connectivity index (χ1) is 8.59. The third-order valence-electron chi connectivity index (χ3n) is 3.33. The molecule has 1 fully saturated rings. The van der Waals surface area contributed by atoms with Crippen LogP contribution in [0.15, 0.2) is 24.3 Å². The van der Waals surface area contributed by atoms with Crippen molar-refractivity contribution in [3.63, 3.8) is 0 Å². The van der Waals surface area contributed by atoms with Crippen LogP contribution < -0.4 is 5.73 Å². The van der Waals surface area contributed by atoms with Crippen LogP contribution in [-0.4, -0.2) is 23.4 Å². The summed E-state index contributed by atoms with van der Waals surface area (Å²) >= 11 is 2.35. The van der Waals surface area contributed by atoms with Crippen molar-refractivity contribution in [1.29, 1.82) is 0 Å². The van der Waals surface area contributed by atoms with Gasteiger partial charge in [-0.05, 0) is 54.0 Å². The first-order valence-electron chi connectivity index (χ1n) is 6.39. The molecule has 1 aromatic rings. The molecule has 1 aliphatic rings. The lowest BCUT2D eigenvalue weighted by Gasteiger charge is -2.26. The summed E-state index contributed by atoms with van der Waals surface area (Å²) in [5.74, 6) is 0.187. The third kappa shape index (κ3) is 4.07. The zero-order valence-corrected chi connectivity index (χ0v) is 14.0. The first kappa shape index (κ1) is 16.7. The number of halogens is 2. The van der Waals surface area contributed by atoms with Gasteiger partial charge in [-0.15, -0.1) is 12.4 Å². The number of rotatable bonds is 3. The van der Waals surface area contributed by atoms with Gasteiger partial charge in [-0.2, -0.15) is 0 Å². The molecule has 0 aliphatic carbocycles. The molecule has 1 heterocycles. The van der Waals surface area contributed by atoms with Gasteiger partial charge in [0.1, 0.15) is 0 Å². The quantitative estimate of drug-likeness (QED) is 0.801. The van der Waals surface area contributed by atoms with Gasteiger partial charge in [-0.1, -0.05) is 18.2 Å². The van der Waals surface area contributed by atoms with Gasteiger partial charge < -0.3 is 10.6 Å². The van der Waals surface area contributed by atoms with Crippen LogP contribution in [0, 0.1) is 3.57 Å². The Morgan fingerprint density at radius 1 is 1.53 bits per heavy atom. The SMILES string of the molecule is CC(N)CC(=O)N1CCCC1c1ccccc1I.Cl. The van der Waals surface area contributed by atoms with Crippen molar-refractivity contribution in [2.45, 2.75) is 38.3 Å². The smallest absolute Gasteiger partial charge is 0.224 e. The summed E-state index contributed by atoms with van der Waals surface area (Å²) in [6.45, 7) is 2.75. The van der Waals surface area contributed by atoms with E-state index in [1.807, 2.05) is 24.0 Å². The predicted molar refractivity (Wildman–Crippen MR) is 88.4 cm³/mol. The van der Waals surface area contributed by atoms with Crippen molar-refractivity contribution < 1.29 is 4.79 Å². The number of carbonyl (C=O) groups is 1. The van der Waals surface area contributed by atoms with E-state index in [0.717, 1.165) is 19.4 Å². The number of nitrogens with two attached hydrogens (primary N) is 1. The van der Waals surface area contributed by atoms with Crippen LogP contribution in [0.5, 0.6) is 0 Å². The summed E-state index contributed by atoms with van der Waals surface area (Å²) in [6.07, 6.45) is 2.59. The average Bonchev–Trinajstić information content (AvgIpc) is 2.77. The van der Waals surface area contributed by atoms with Crippen LogP contribution in [0.25, 0.3) is 0 Å². The highest BCUT2D eigenvalue weighted by atomic mass is 127. The van der Waals surface area contributed by atoms with Gasteiger partial charge in [-0.25, -0.2) is 0 Å². The fourth-order valence-corrected chi connectivity index (χ4v) is 3.27. The lowest BCUT2D eigenvalue weighted by atomic mass is 10.0. The van der Waals surface area contributed by atoms with Crippen LogP contribution in [0.2, 0.25) is 0 Å². The van der Waals surface area contributed by atoms with Gasteiger partial charge in [0.15, 0.2) is 0 Å². The molecule has 106 valence electrons. The molecule has 1 amide bonds. The second kappa shape index (κ2) is 7.45. The molecule has 0 bridgehead atoms. The van der Waals surface area contributed by atoms with Crippen LogP contribution in [0.1, 0.15) is 37.8 Å². The molecule has 0 saturated carbocycles. The molecule has 0 aromatic heterocycles. The molecular formula is C14H20ClIN2O. The maximum Gasteiger partial charge on any atom is 0.224 e. The van der Waals surface area contributed by atoms with Crippen molar-refractivity contribution in [3.8, 4) is 0 Å². The topological polar surface area (TPSA) is 46.3 Å². The molecule has 0 radical (unpaired) electrons. The molecule has 1 aliphatic heterocycles. The van der Waals surface area contributed by atoms with Gasteiger partial charge in [-0.3, -0.25) is 4.79 Å². The Bertz CT molecular complexity index is 439. The fourth-order valence-electron chi connectivity index (χ4n) is 2.53. The minimum Gasteiger partial charge on any atom is -0.336 e. The van der Waals surface area contributed by atoms with E-state index in [1.54, 1.807) is 0 Å². The van der Waals surface area contributed by atoms with E-state index in [-0.39, 0.29) is 30.4 Å². The average molecular weight is 395 g/mol. The molecule has 2 atom stereocenters. The number of amides is 1. The highest BCUT2D eigenvalue weighted by Crippen LogP contribution is 2.34. The second-order valence-electron chi connectivity index (χ2n) is 4.95. The third-order valence-corrected chi connectivity index (χ3v) is 4.32. The summed E-state index contributed by atoms with van der Waals surface area (Å²) in [4.78, 5) is 14.2. The van der Waals surface area contributed by atoms with Crippen molar-refractivity contribution in [3.05, 3.63) is 33.4 Å². The predicted octanol–water partition coefficient (Wildman–Crippen LogP) is 3.11. The Labute approximate surface area is 134 Å². The van der Waals surface area contributed by atoms with Crippen LogP contribution in [-0.2, 0) is 4.79 Å². The summed E-state index contributed by atoms with van der Waals surface area (Å²) in [6, 6.07) is 8.49. The number of nitrogens with zero attached hydrogens (tertiary/aromatic N) is 1. The summed E-state index contributed by atoms with van der Waals surface area (Å²) in [5.41, 5.74) is 7.00. The maximum atomic E-state index is 12.2. The minimum absolute atomic E-state index is 0. The number of benzene rings is 1. The summed E-state index contributed by atoms with van der Waals surface area (Å²) in [5, 5.41) is 0. The van der Waals surface area contributed by atoms with Gasteiger partial charge in [0.05, 0.1) is 6.04 Å². The molecule has 0 spiro atoms. The summed E-state index contributed by atoms with van der Waals surface area (Å²) in [7, 11) is 0. The van der Waals surface area contributed by atoms with Crippen molar-refractivity contribution >= 4 is 40.9 Å².